The summed E-state index contributed by atoms with van der Waals surface area (Å²) >= 11 is 0. The van der Waals surface area contributed by atoms with Gasteiger partial charge in [-0.25, -0.2) is 0 Å². The number of rotatable bonds is 7. The second-order valence-corrected chi connectivity index (χ2v) is 7.18. The molecule has 0 unspecified atom stereocenters. The van der Waals surface area contributed by atoms with Crippen LogP contribution in [0.25, 0.3) is 11.4 Å². The predicted octanol–water partition coefficient (Wildman–Crippen LogP) is 3.92. The van der Waals surface area contributed by atoms with Gasteiger partial charge in [-0.1, -0.05) is 44.7 Å². The molecule has 0 saturated heterocycles. The number of nitrogens with one attached hydrogen (secondary N) is 1. The van der Waals surface area contributed by atoms with E-state index in [1.54, 1.807) is 12.4 Å². The van der Waals surface area contributed by atoms with Crippen LogP contribution in [0.1, 0.15) is 64.3 Å². The van der Waals surface area contributed by atoms with Crippen molar-refractivity contribution in [3.8, 4) is 11.4 Å². The molecule has 0 spiro atoms. The number of nitrogens with zero attached hydrogens (tertiary/aromatic N) is 3. The van der Waals surface area contributed by atoms with Gasteiger partial charge in [0.15, 0.2) is 0 Å². The number of aromatic nitrogens is 3. The fourth-order valence-electron chi connectivity index (χ4n) is 3.37. The average molecular weight is 342 g/mol. The maximum Gasteiger partial charge on any atom is 0.249 e. The van der Waals surface area contributed by atoms with Gasteiger partial charge in [0.05, 0.1) is 0 Å². The maximum atomic E-state index is 12.4. The molecule has 1 fully saturated rings. The van der Waals surface area contributed by atoms with E-state index in [2.05, 4.69) is 20.4 Å². The molecule has 1 aliphatic carbocycles. The summed E-state index contributed by atoms with van der Waals surface area (Å²) in [5.41, 5.74) is 0.799. The van der Waals surface area contributed by atoms with Crippen LogP contribution in [-0.4, -0.2) is 21.0 Å². The van der Waals surface area contributed by atoms with E-state index >= 15 is 0 Å². The number of carbonyl (C=O) groups is 1. The zero-order valence-electron chi connectivity index (χ0n) is 14.9. The number of carbonyl (C=O) groups excluding carboxylic acids is 1. The molecular formula is C19H26N4O2. The zero-order valence-corrected chi connectivity index (χ0v) is 14.9. The molecule has 1 aliphatic rings. The minimum atomic E-state index is -0.269. The summed E-state index contributed by atoms with van der Waals surface area (Å²) in [6.07, 6.45) is 10.1. The Bertz CT molecular complexity index is 678. The van der Waals surface area contributed by atoms with Gasteiger partial charge < -0.3 is 9.84 Å². The third-order valence-electron chi connectivity index (χ3n) is 4.87. The van der Waals surface area contributed by atoms with Crippen molar-refractivity contribution in [3.05, 3.63) is 30.4 Å². The van der Waals surface area contributed by atoms with E-state index in [9.17, 15) is 4.79 Å². The Balaban J connectivity index is 1.62. The SMILES string of the molecule is CC(C)[C@@H](NC(=O)CCC1CCCC1)c1nc(-c2cccnc2)no1. The second kappa shape index (κ2) is 8.23. The monoisotopic (exact) mass is 342 g/mol. The summed E-state index contributed by atoms with van der Waals surface area (Å²) in [7, 11) is 0. The molecule has 25 heavy (non-hydrogen) atoms. The lowest BCUT2D eigenvalue weighted by molar-refractivity contribution is -0.122. The van der Waals surface area contributed by atoms with Crippen molar-refractivity contribution in [1.82, 2.24) is 20.4 Å². The van der Waals surface area contributed by atoms with Gasteiger partial charge in [-0.2, -0.15) is 4.98 Å². The fourth-order valence-corrected chi connectivity index (χ4v) is 3.37. The Morgan fingerprint density at radius 2 is 2.16 bits per heavy atom. The largest absolute Gasteiger partial charge is 0.344 e. The standard InChI is InChI=1S/C19H26N4O2/c1-13(2)17(21-16(24)10-9-14-6-3-4-7-14)19-22-18(23-25-19)15-8-5-11-20-12-15/h5,8,11-14,17H,3-4,6-7,9-10H2,1-2H3,(H,21,24)/t17-/m1/s1. The molecule has 2 aromatic rings. The van der Waals surface area contributed by atoms with Crippen molar-refractivity contribution >= 4 is 5.91 Å². The van der Waals surface area contributed by atoms with E-state index in [0.29, 0.717) is 24.1 Å². The van der Waals surface area contributed by atoms with Crippen molar-refractivity contribution in [3.63, 3.8) is 0 Å². The van der Waals surface area contributed by atoms with Gasteiger partial charge in [0.2, 0.25) is 17.6 Å². The first-order chi connectivity index (χ1) is 12.1. The highest BCUT2D eigenvalue weighted by Crippen LogP contribution is 2.29. The third kappa shape index (κ3) is 4.65. The zero-order chi connectivity index (χ0) is 17.6. The van der Waals surface area contributed by atoms with Crippen LogP contribution in [0.3, 0.4) is 0 Å². The number of hydrogen-bond acceptors (Lipinski definition) is 5. The first-order valence-corrected chi connectivity index (χ1v) is 9.17. The van der Waals surface area contributed by atoms with Crippen molar-refractivity contribution in [2.75, 3.05) is 0 Å². The molecular weight excluding hydrogens is 316 g/mol. The highest BCUT2D eigenvalue weighted by Gasteiger charge is 2.25. The number of amides is 1. The molecule has 6 heteroatoms. The van der Waals surface area contributed by atoms with Crippen LogP contribution in [0.15, 0.2) is 29.0 Å². The van der Waals surface area contributed by atoms with Crippen molar-refractivity contribution < 1.29 is 9.32 Å². The van der Waals surface area contributed by atoms with Crippen molar-refractivity contribution in [1.29, 1.82) is 0 Å². The molecule has 2 aromatic heterocycles. The molecule has 0 radical (unpaired) electrons. The second-order valence-electron chi connectivity index (χ2n) is 7.18. The first-order valence-electron chi connectivity index (χ1n) is 9.17. The number of pyridine rings is 1. The highest BCUT2D eigenvalue weighted by atomic mass is 16.5. The minimum Gasteiger partial charge on any atom is -0.344 e. The molecule has 0 aromatic carbocycles. The van der Waals surface area contributed by atoms with Gasteiger partial charge in [-0.05, 0) is 30.4 Å². The lowest BCUT2D eigenvalue weighted by Crippen LogP contribution is -2.32. The smallest absolute Gasteiger partial charge is 0.249 e. The summed E-state index contributed by atoms with van der Waals surface area (Å²) in [4.78, 5) is 20.9. The van der Waals surface area contributed by atoms with Crippen molar-refractivity contribution in [2.45, 2.75) is 58.4 Å². The molecule has 2 heterocycles. The van der Waals surface area contributed by atoms with Crippen LogP contribution in [0.2, 0.25) is 0 Å². The lowest BCUT2D eigenvalue weighted by atomic mass is 10.0. The van der Waals surface area contributed by atoms with Crippen molar-refractivity contribution in [2.24, 2.45) is 11.8 Å². The summed E-state index contributed by atoms with van der Waals surface area (Å²) in [6, 6.07) is 3.44. The van der Waals surface area contributed by atoms with Crippen LogP contribution in [0, 0.1) is 11.8 Å². The highest BCUT2D eigenvalue weighted by molar-refractivity contribution is 5.76. The third-order valence-corrected chi connectivity index (χ3v) is 4.87. The van der Waals surface area contributed by atoms with Gasteiger partial charge in [0, 0.05) is 24.4 Å². The van der Waals surface area contributed by atoms with E-state index in [1.165, 1.54) is 25.7 Å². The molecule has 1 N–H and O–H groups in total. The van der Waals surface area contributed by atoms with Crippen LogP contribution >= 0.6 is 0 Å². The molecule has 1 saturated carbocycles. The van der Waals surface area contributed by atoms with Crippen LogP contribution in [0.4, 0.5) is 0 Å². The molecule has 134 valence electrons. The van der Waals surface area contributed by atoms with E-state index in [-0.39, 0.29) is 17.9 Å². The van der Waals surface area contributed by atoms with Gasteiger partial charge >= 0.3 is 0 Å². The quantitative estimate of drug-likeness (QED) is 0.825. The van der Waals surface area contributed by atoms with E-state index in [4.69, 9.17) is 4.52 Å². The van der Waals surface area contributed by atoms with Crippen LogP contribution in [-0.2, 0) is 4.79 Å². The normalized spacial score (nSPS) is 16.3. The summed E-state index contributed by atoms with van der Waals surface area (Å²) in [6.45, 7) is 4.08. The summed E-state index contributed by atoms with van der Waals surface area (Å²) < 4.78 is 5.42. The Hall–Kier alpha value is -2.24. The Labute approximate surface area is 148 Å². The average Bonchev–Trinajstić information content (AvgIpc) is 3.30. The molecule has 0 aliphatic heterocycles. The molecule has 1 atom stereocenters. The van der Waals surface area contributed by atoms with Crippen LogP contribution < -0.4 is 5.32 Å². The van der Waals surface area contributed by atoms with Gasteiger partial charge in [0.1, 0.15) is 6.04 Å². The Morgan fingerprint density at radius 3 is 2.84 bits per heavy atom. The summed E-state index contributed by atoms with van der Waals surface area (Å²) in [5.74, 6) is 1.88. The van der Waals surface area contributed by atoms with E-state index < -0.39 is 0 Å². The number of hydrogen-bond donors (Lipinski definition) is 1. The van der Waals surface area contributed by atoms with Crippen LogP contribution in [0.5, 0.6) is 0 Å². The molecule has 0 bridgehead atoms. The van der Waals surface area contributed by atoms with E-state index in [1.807, 2.05) is 26.0 Å². The van der Waals surface area contributed by atoms with Gasteiger partial charge in [-0.15, -0.1) is 0 Å². The predicted molar refractivity (Wildman–Crippen MR) is 94.4 cm³/mol. The Morgan fingerprint density at radius 1 is 1.36 bits per heavy atom. The maximum absolute atomic E-state index is 12.4. The minimum absolute atomic E-state index is 0.0618. The topological polar surface area (TPSA) is 80.9 Å². The van der Waals surface area contributed by atoms with E-state index in [0.717, 1.165) is 12.0 Å². The van der Waals surface area contributed by atoms with Gasteiger partial charge in [0.25, 0.3) is 0 Å². The first kappa shape index (κ1) is 17.6. The molecule has 6 nitrogen and oxygen atoms in total. The fraction of sp³-hybridized carbons (Fsp3) is 0.579. The molecule has 1 amide bonds. The van der Waals surface area contributed by atoms with Gasteiger partial charge in [-0.3, -0.25) is 9.78 Å². The molecule has 3 rings (SSSR count). The summed E-state index contributed by atoms with van der Waals surface area (Å²) in [5, 5.41) is 7.10. The lowest BCUT2D eigenvalue weighted by Gasteiger charge is -2.19. The Kier molecular flexibility index (Phi) is 5.79.